The van der Waals surface area contributed by atoms with E-state index in [9.17, 15) is 18.0 Å². The van der Waals surface area contributed by atoms with E-state index in [-0.39, 0.29) is 24.2 Å². The molecule has 0 saturated carbocycles. The maximum absolute atomic E-state index is 13.6. The first-order valence-corrected chi connectivity index (χ1v) is 14.0. The van der Waals surface area contributed by atoms with E-state index in [1.165, 1.54) is 4.90 Å². The number of hydrogen-bond acceptors (Lipinski definition) is 4. The first kappa shape index (κ1) is 29.2. The smallest absolute Gasteiger partial charge is 0.244 e. The molecule has 2 amide bonds. The molecular formula is C24H30Cl3N3O4S. The molecule has 2 rings (SSSR count). The molecule has 0 bridgehead atoms. The van der Waals surface area contributed by atoms with Gasteiger partial charge in [0.1, 0.15) is 12.6 Å². The molecule has 0 aliphatic rings. The number of nitrogens with zero attached hydrogens (tertiary/aromatic N) is 2. The van der Waals surface area contributed by atoms with Gasteiger partial charge in [0.05, 0.1) is 11.9 Å². The second-order valence-corrected chi connectivity index (χ2v) is 11.5. The van der Waals surface area contributed by atoms with Gasteiger partial charge in [0, 0.05) is 33.2 Å². The number of anilines is 1. The standard InChI is InChI=1S/C24H30Cl3N3O4S/c1-6-15(2)28-24(32)17(4)29(13-18-20(26)10-7-11-21(18)27)23(31)14-30(35(5,33)34)22-12-8-9-19(25)16(22)3/h7-12,15,17H,6,13-14H2,1-5H3,(H,28,32)/t15-,17-/m0/s1. The maximum atomic E-state index is 13.6. The summed E-state index contributed by atoms with van der Waals surface area (Å²) in [5.74, 6) is -0.974. The highest BCUT2D eigenvalue weighted by Crippen LogP contribution is 2.30. The van der Waals surface area contributed by atoms with Gasteiger partial charge in [0.25, 0.3) is 0 Å². The Morgan fingerprint density at radius 2 is 1.54 bits per heavy atom. The molecule has 11 heteroatoms. The van der Waals surface area contributed by atoms with Crippen LogP contribution in [0.3, 0.4) is 0 Å². The van der Waals surface area contributed by atoms with Gasteiger partial charge in [-0.1, -0.05) is 53.9 Å². The Bertz CT molecular complexity index is 1170. The largest absolute Gasteiger partial charge is 0.352 e. The van der Waals surface area contributed by atoms with Crippen molar-refractivity contribution in [1.29, 1.82) is 0 Å². The van der Waals surface area contributed by atoms with Crippen LogP contribution in [0.5, 0.6) is 0 Å². The summed E-state index contributed by atoms with van der Waals surface area (Å²) in [4.78, 5) is 27.8. The highest BCUT2D eigenvalue weighted by molar-refractivity contribution is 7.92. The van der Waals surface area contributed by atoms with E-state index >= 15 is 0 Å². The molecule has 0 fully saturated rings. The highest BCUT2D eigenvalue weighted by Gasteiger charge is 2.31. The minimum atomic E-state index is -3.87. The second kappa shape index (κ2) is 12.3. The van der Waals surface area contributed by atoms with E-state index in [0.717, 1.165) is 10.6 Å². The van der Waals surface area contributed by atoms with Gasteiger partial charge in [-0.25, -0.2) is 8.42 Å². The van der Waals surface area contributed by atoms with Crippen LogP contribution < -0.4 is 9.62 Å². The molecule has 0 aliphatic heterocycles. The summed E-state index contributed by atoms with van der Waals surface area (Å²) in [5, 5.41) is 3.89. The summed E-state index contributed by atoms with van der Waals surface area (Å²) in [7, 11) is -3.87. The fourth-order valence-electron chi connectivity index (χ4n) is 3.36. The summed E-state index contributed by atoms with van der Waals surface area (Å²) >= 11 is 18.9. The molecule has 0 radical (unpaired) electrons. The normalized spacial score (nSPS) is 13.1. The number of benzene rings is 2. The average molecular weight is 563 g/mol. The van der Waals surface area contributed by atoms with Crippen molar-refractivity contribution in [2.75, 3.05) is 17.1 Å². The topological polar surface area (TPSA) is 86.8 Å². The first-order chi connectivity index (χ1) is 16.3. The lowest BCUT2D eigenvalue weighted by Crippen LogP contribution is -2.52. The Balaban J connectivity index is 2.49. The second-order valence-electron chi connectivity index (χ2n) is 8.37. The Morgan fingerprint density at radius 1 is 1.00 bits per heavy atom. The predicted molar refractivity (Wildman–Crippen MR) is 143 cm³/mol. The quantitative estimate of drug-likeness (QED) is 0.439. The molecule has 0 spiro atoms. The third-order valence-corrected chi connectivity index (χ3v) is 7.99. The third-order valence-electron chi connectivity index (χ3n) is 5.75. The Hall–Kier alpha value is -2.00. The van der Waals surface area contributed by atoms with Crippen molar-refractivity contribution < 1.29 is 18.0 Å². The predicted octanol–water partition coefficient (Wildman–Crippen LogP) is 5.05. The summed E-state index contributed by atoms with van der Waals surface area (Å²) in [5.41, 5.74) is 1.24. The minimum absolute atomic E-state index is 0.0848. The zero-order valence-corrected chi connectivity index (χ0v) is 23.4. The lowest BCUT2D eigenvalue weighted by molar-refractivity contribution is -0.139. The van der Waals surface area contributed by atoms with E-state index in [1.54, 1.807) is 50.2 Å². The fourth-order valence-corrected chi connectivity index (χ4v) is 4.95. The van der Waals surface area contributed by atoms with Crippen molar-refractivity contribution in [2.24, 2.45) is 0 Å². The molecule has 1 N–H and O–H groups in total. The van der Waals surface area contributed by atoms with Gasteiger partial charge in [0.2, 0.25) is 21.8 Å². The molecule has 2 aromatic carbocycles. The van der Waals surface area contributed by atoms with Crippen LogP contribution in [0.15, 0.2) is 36.4 Å². The van der Waals surface area contributed by atoms with Crippen LogP contribution in [0.2, 0.25) is 15.1 Å². The number of carbonyl (C=O) groups excluding carboxylic acids is 2. The Labute approximate surface area is 222 Å². The van der Waals surface area contributed by atoms with Crippen LogP contribution in [0.4, 0.5) is 5.69 Å². The number of sulfonamides is 1. The summed E-state index contributed by atoms with van der Waals surface area (Å²) in [6.45, 7) is 6.41. The van der Waals surface area contributed by atoms with Crippen LogP contribution in [0.25, 0.3) is 0 Å². The Morgan fingerprint density at radius 3 is 2.09 bits per heavy atom. The van der Waals surface area contributed by atoms with Crippen molar-refractivity contribution in [1.82, 2.24) is 10.2 Å². The molecule has 2 aromatic rings. The van der Waals surface area contributed by atoms with E-state index in [2.05, 4.69) is 5.32 Å². The van der Waals surface area contributed by atoms with E-state index < -0.39 is 28.5 Å². The van der Waals surface area contributed by atoms with E-state index in [0.29, 0.717) is 32.6 Å². The monoisotopic (exact) mass is 561 g/mol. The van der Waals surface area contributed by atoms with Crippen molar-refractivity contribution in [3.8, 4) is 0 Å². The molecule has 7 nitrogen and oxygen atoms in total. The van der Waals surface area contributed by atoms with Crippen molar-refractivity contribution >= 4 is 62.3 Å². The number of amides is 2. The Kier molecular flexibility index (Phi) is 10.3. The van der Waals surface area contributed by atoms with Crippen LogP contribution in [0, 0.1) is 6.92 Å². The highest BCUT2D eigenvalue weighted by atomic mass is 35.5. The lowest BCUT2D eigenvalue weighted by atomic mass is 10.1. The average Bonchev–Trinajstić information content (AvgIpc) is 2.78. The van der Waals surface area contributed by atoms with Crippen LogP contribution in [-0.4, -0.2) is 50.0 Å². The number of halogens is 3. The van der Waals surface area contributed by atoms with Crippen molar-refractivity contribution in [2.45, 2.75) is 52.7 Å². The molecule has 35 heavy (non-hydrogen) atoms. The summed E-state index contributed by atoms with van der Waals surface area (Å²) in [6.07, 6.45) is 1.72. The van der Waals surface area contributed by atoms with Gasteiger partial charge in [-0.3, -0.25) is 13.9 Å². The molecule has 0 heterocycles. The van der Waals surface area contributed by atoms with E-state index in [4.69, 9.17) is 34.8 Å². The van der Waals surface area contributed by atoms with E-state index in [1.807, 2.05) is 13.8 Å². The maximum Gasteiger partial charge on any atom is 0.244 e. The van der Waals surface area contributed by atoms with Gasteiger partial charge in [-0.2, -0.15) is 0 Å². The number of nitrogens with one attached hydrogen (secondary N) is 1. The van der Waals surface area contributed by atoms with Gasteiger partial charge in [0.15, 0.2) is 0 Å². The summed E-state index contributed by atoms with van der Waals surface area (Å²) in [6, 6.07) is 8.72. The molecule has 0 saturated heterocycles. The fraction of sp³-hybridized carbons (Fsp3) is 0.417. The van der Waals surface area contributed by atoms with Gasteiger partial charge in [-0.05, 0) is 57.0 Å². The molecule has 2 atom stereocenters. The van der Waals surface area contributed by atoms with Crippen LogP contribution >= 0.6 is 34.8 Å². The molecule has 0 aromatic heterocycles. The molecule has 0 unspecified atom stereocenters. The van der Waals surface area contributed by atoms with Crippen molar-refractivity contribution in [3.05, 3.63) is 62.6 Å². The number of rotatable bonds is 10. The third kappa shape index (κ3) is 7.49. The molecule has 0 aliphatic carbocycles. The first-order valence-electron chi connectivity index (χ1n) is 11.0. The zero-order valence-electron chi connectivity index (χ0n) is 20.3. The minimum Gasteiger partial charge on any atom is -0.352 e. The number of hydrogen-bond donors (Lipinski definition) is 1. The summed E-state index contributed by atoms with van der Waals surface area (Å²) < 4.78 is 26.4. The van der Waals surface area contributed by atoms with Gasteiger partial charge < -0.3 is 10.2 Å². The number of carbonyl (C=O) groups is 2. The molecular weight excluding hydrogens is 533 g/mol. The molecule has 192 valence electrons. The SMILES string of the molecule is CC[C@H](C)NC(=O)[C@H](C)N(Cc1c(Cl)cccc1Cl)C(=O)CN(c1cccc(Cl)c1C)S(C)(=O)=O. The van der Waals surface area contributed by atoms with Crippen LogP contribution in [-0.2, 0) is 26.2 Å². The van der Waals surface area contributed by atoms with Crippen molar-refractivity contribution in [3.63, 3.8) is 0 Å². The van der Waals surface area contributed by atoms with Gasteiger partial charge in [-0.15, -0.1) is 0 Å². The van der Waals surface area contributed by atoms with Crippen LogP contribution in [0.1, 0.15) is 38.3 Å². The lowest BCUT2D eigenvalue weighted by Gasteiger charge is -2.32. The van der Waals surface area contributed by atoms with Gasteiger partial charge >= 0.3 is 0 Å². The zero-order chi connectivity index (χ0) is 26.5.